The zero-order valence-electron chi connectivity index (χ0n) is 22.4. The maximum atomic E-state index is 12.1. The van der Waals surface area contributed by atoms with Crippen LogP contribution in [0.4, 0.5) is 0 Å². The predicted molar refractivity (Wildman–Crippen MR) is 149 cm³/mol. The molecule has 0 radical (unpaired) electrons. The lowest BCUT2D eigenvalue weighted by atomic mass is 10.0. The van der Waals surface area contributed by atoms with Gasteiger partial charge in [0, 0.05) is 26.2 Å². The lowest BCUT2D eigenvalue weighted by Crippen LogP contribution is -2.50. The van der Waals surface area contributed by atoms with Gasteiger partial charge in [-0.25, -0.2) is 0 Å². The molecule has 0 amide bonds. The molecule has 0 aliphatic carbocycles. The van der Waals surface area contributed by atoms with Crippen LogP contribution in [0.3, 0.4) is 0 Å². The number of benzene rings is 2. The first-order valence-electron chi connectivity index (χ1n) is 12.9. The zero-order valence-corrected chi connectivity index (χ0v) is 23.4. The minimum absolute atomic E-state index is 0.0137. The Morgan fingerprint density at radius 3 is 1.29 bits per heavy atom. The van der Waals surface area contributed by atoms with E-state index in [-0.39, 0.29) is 45.3 Å². The molecule has 13 nitrogen and oxygen atoms in total. The monoisotopic (exact) mass is 593 g/mol. The molecule has 5 N–H and O–H groups in total. The van der Waals surface area contributed by atoms with Crippen LogP contribution in [0.15, 0.2) is 60.7 Å². The van der Waals surface area contributed by atoms with Crippen molar-refractivity contribution in [3.05, 3.63) is 71.8 Å². The van der Waals surface area contributed by atoms with E-state index >= 15 is 0 Å². The van der Waals surface area contributed by atoms with E-state index in [1.165, 1.54) is 14.7 Å². The number of aliphatic carboxylic acids is 4. The van der Waals surface area contributed by atoms with Crippen molar-refractivity contribution in [1.82, 2.24) is 14.7 Å². The fraction of sp³-hybridized carbons (Fsp3) is 0.407. The number of carboxylic acid groups (broad SMARTS) is 4. The standard InChI is InChI=1S/C27H36N3O10P/c31-24(32)17-29(22(26(35)36)15-20-7-3-1-4-8-20)13-11-28(19-41(39)40)12-14-30(18-25(33)34)23(27(37)38)16-21-9-5-2-6-10-21/h1-10,22-23,41H,11-19H2,(H,31,32)(H,33,34)(H,35,36)(H,37,38)(H,39,40)/t22-,23-/m0/s1. The third-order valence-corrected chi connectivity index (χ3v) is 7.16. The van der Waals surface area contributed by atoms with Crippen LogP contribution in [0.1, 0.15) is 11.1 Å². The van der Waals surface area contributed by atoms with Gasteiger partial charge >= 0.3 is 23.9 Å². The highest BCUT2D eigenvalue weighted by atomic mass is 31.1. The maximum absolute atomic E-state index is 12.1. The Bertz CT molecular complexity index is 1080. The molecule has 0 heterocycles. The molecular weight excluding hydrogens is 557 g/mol. The van der Waals surface area contributed by atoms with Gasteiger partial charge in [0.1, 0.15) is 12.1 Å². The number of hydrogen-bond acceptors (Lipinski definition) is 8. The summed E-state index contributed by atoms with van der Waals surface area (Å²) in [5.41, 5.74) is 1.38. The molecule has 0 spiro atoms. The smallest absolute Gasteiger partial charge is 0.321 e. The highest BCUT2D eigenvalue weighted by molar-refractivity contribution is 7.37. The van der Waals surface area contributed by atoms with Crippen LogP contribution in [-0.2, 0) is 36.6 Å². The Morgan fingerprint density at radius 1 is 0.634 bits per heavy atom. The Labute approximate surface area is 238 Å². The fourth-order valence-corrected chi connectivity index (χ4v) is 5.16. The Hall–Kier alpha value is -3.61. The van der Waals surface area contributed by atoms with Gasteiger partial charge in [-0.1, -0.05) is 60.7 Å². The lowest BCUT2D eigenvalue weighted by molar-refractivity contribution is -0.147. The molecule has 0 aliphatic rings. The second kappa shape index (κ2) is 17.3. The number of hydrogen-bond donors (Lipinski definition) is 5. The summed E-state index contributed by atoms with van der Waals surface area (Å²) in [5.74, 6) is -4.95. The molecule has 224 valence electrons. The molecule has 2 aromatic rings. The number of nitrogens with zero attached hydrogens (tertiary/aromatic N) is 3. The van der Waals surface area contributed by atoms with Gasteiger partial charge in [-0.2, -0.15) is 0 Å². The molecule has 0 aromatic heterocycles. The van der Waals surface area contributed by atoms with Crippen molar-refractivity contribution >= 4 is 31.9 Å². The SMILES string of the molecule is O=C(O)CN(CCN(CCN(CC(=O)O)[C@@H](Cc1ccccc1)C(=O)O)C[PH](=O)O)[C@@H](Cc1ccccc1)C(=O)O. The Kier molecular flexibility index (Phi) is 14.1. The quantitative estimate of drug-likeness (QED) is 0.136. The normalized spacial score (nSPS) is 13.7. The summed E-state index contributed by atoms with van der Waals surface area (Å²) in [6, 6.07) is 15.0. The molecule has 0 bridgehead atoms. The molecule has 2 aromatic carbocycles. The van der Waals surface area contributed by atoms with Gasteiger partial charge in [0.2, 0.25) is 8.03 Å². The van der Waals surface area contributed by atoms with E-state index in [1.54, 1.807) is 60.7 Å². The van der Waals surface area contributed by atoms with Gasteiger partial charge in [0.05, 0.1) is 19.4 Å². The summed E-state index contributed by atoms with van der Waals surface area (Å²) in [5, 5.41) is 38.6. The molecule has 0 fully saturated rings. The molecule has 14 heteroatoms. The van der Waals surface area contributed by atoms with Gasteiger partial charge < -0.3 is 25.3 Å². The highest BCUT2D eigenvalue weighted by Crippen LogP contribution is 2.17. The van der Waals surface area contributed by atoms with Crippen LogP contribution in [0, 0.1) is 0 Å². The van der Waals surface area contributed by atoms with Gasteiger partial charge in [0.15, 0.2) is 0 Å². The molecule has 0 saturated heterocycles. The number of carbonyl (C=O) groups is 4. The molecule has 3 atom stereocenters. The highest BCUT2D eigenvalue weighted by Gasteiger charge is 2.30. The molecule has 41 heavy (non-hydrogen) atoms. The second-order valence-electron chi connectivity index (χ2n) is 9.49. The predicted octanol–water partition coefficient (Wildman–Crippen LogP) is 0.878. The summed E-state index contributed by atoms with van der Waals surface area (Å²) >= 11 is 0. The van der Waals surface area contributed by atoms with E-state index in [9.17, 15) is 49.1 Å². The first-order chi connectivity index (χ1) is 19.5. The minimum Gasteiger partial charge on any atom is -0.480 e. The van der Waals surface area contributed by atoms with E-state index < -0.39 is 57.1 Å². The molecule has 1 unspecified atom stereocenters. The van der Waals surface area contributed by atoms with Gasteiger partial charge in [-0.05, 0) is 24.0 Å². The molecule has 0 saturated carbocycles. The first kappa shape index (κ1) is 33.6. The Balaban J connectivity index is 2.20. The fourth-order valence-electron chi connectivity index (χ4n) is 4.46. The van der Waals surface area contributed by atoms with Crippen molar-refractivity contribution in [2.24, 2.45) is 0 Å². The molecule has 0 aliphatic heterocycles. The van der Waals surface area contributed by atoms with Crippen molar-refractivity contribution in [2.45, 2.75) is 24.9 Å². The van der Waals surface area contributed by atoms with E-state index in [0.29, 0.717) is 11.1 Å². The summed E-state index contributed by atoms with van der Waals surface area (Å²) in [6.07, 6.45) is -0.252. The van der Waals surface area contributed by atoms with E-state index in [1.807, 2.05) is 0 Å². The van der Waals surface area contributed by atoms with Crippen LogP contribution in [0.25, 0.3) is 0 Å². The van der Waals surface area contributed by atoms with Crippen molar-refractivity contribution in [3.8, 4) is 0 Å². The van der Waals surface area contributed by atoms with Crippen LogP contribution >= 0.6 is 8.03 Å². The lowest BCUT2D eigenvalue weighted by Gasteiger charge is -2.32. The van der Waals surface area contributed by atoms with Gasteiger partial charge in [-0.3, -0.25) is 38.4 Å². The van der Waals surface area contributed by atoms with E-state index in [0.717, 1.165) is 0 Å². The van der Waals surface area contributed by atoms with Gasteiger partial charge in [-0.15, -0.1) is 0 Å². The second-order valence-corrected chi connectivity index (χ2v) is 10.6. The third-order valence-electron chi connectivity index (χ3n) is 6.44. The van der Waals surface area contributed by atoms with Crippen LogP contribution < -0.4 is 0 Å². The summed E-state index contributed by atoms with van der Waals surface area (Å²) in [6.45, 7) is -1.38. The number of carboxylic acids is 4. The van der Waals surface area contributed by atoms with Crippen LogP contribution in [0.5, 0.6) is 0 Å². The van der Waals surface area contributed by atoms with E-state index in [2.05, 4.69) is 0 Å². The molecular formula is C27H36N3O10P. The largest absolute Gasteiger partial charge is 0.480 e. The van der Waals surface area contributed by atoms with Crippen LogP contribution in [0.2, 0.25) is 0 Å². The van der Waals surface area contributed by atoms with Crippen molar-refractivity contribution < 1.29 is 49.1 Å². The summed E-state index contributed by atoms with van der Waals surface area (Å²) in [7, 11) is -3.07. The summed E-state index contributed by atoms with van der Waals surface area (Å²) in [4.78, 5) is 61.0. The average molecular weight is 594 g/mol. The third kappa shape index (κ3) is 12.6. The Morgan fingerprint density at radius 2 is 1.00 bits per heavy atom. The topological polar surface area (TPSA) is 196 Å². The van der Waals surface area contributed by atoms with Crippen molar-refractivity contribution in [3.63, 3.8) is 0 Å². The van der Waals surface area contributed by atoms with Crippen LogP contribution in [-0.4, -0.2) is 122 Å². The molecule has 2 rings (SSSR count). The van der Waals surface area contributed by atoms with Gasteiger partial charge in [0.25, 0.3) is 0 Å². The van der Waals surface area contributed by atoms with E-state index in [4.69, 9.17) is 0 Å². The maximum Gasteiger partial charge on any atom is 0.321 e. The minimum atomic E-state index is -3.07. The zero-order chi connectivity index (χ0) is 30.4. The average Bonchev–Trinajstić information content (AvgIpc) is 2.90. The number of rotatable bonds is 20. The van der Waals surface area contributed by atoms with Crippen molar-refractivity contribution in [2.75, 3.05) is 45.6 Å². The summed E-state index contributed by atoms with van der Waals surface area (Å²) < 4.78 is 11.8. The first-order valence-corrected chi connectivity index (χ1v) is 14.4. The van der Waals surface area contributed by atoms with Crippen molar-refractivity contribution in [1.29, 1.82) is 0 Å².